The SMILES string of the molecule is [2H]C([2H])(Cc1ccccc1)c1cccn1C. The van der Waals surface area contributed by atoms with Gasteiger partial charge in [-0.1, -0.05) is 30.3 Å². The fourth-order valence-corrected chi connectivity index (χ4v) is 1.43. The van der Waals surface area contributed by atoms with E-state index in [2.05, 4.69) is 0 Å². The van der Waals surface area contributed by atoms with Gasteiger partial charge in [-0.15, -0.1) is 0 Å². The van der Waals surface area contributed by atoms with E-state index in [1.54, 1.807) is 0 Å². The van der Waals surface area contributed by atoms with Gasteiger partial charge in [-0.05, 0) is 30.5 Å². The van der Waals surface area contributed by atoms with Gasteiger partial charge in [0.15, 0.2) is 0 Å². The van der Waals surface area contributed by atoms with Crippen molar-refractivity contribution in [3.63, 3.8) is 0 Å². The summed E-state index contributed by atoms with van der Waals surface area (Å²) in [4.78, 5) is 0. The van der Waals surface area contributed by atoms with E-state index in [1.807, 2.05) is 60.3 Å². The number of benzene rings is 1. The fraction of sp³-hybridized carbons (Fsp3) is 0.231. The first-order valence-corrected chi connectivity index (χ1v) is 4.75. The van der Waals surface area contributed by atoms with Gasteiger partial charge in [-0.2, -0.15) is 0 Å². The molecule has 0 fully saturated rings. The Hall–Kier alpha value is -1.50. The van der Waals surface area contributed by atoms with E-state index in [-0.39, 0.29) is 0 Å². The zero-order chi connectivity index (χ0) is 11.6. The molecule has 72 valence electrons. The van der Waals surface area contributed by atoms with Crippen LogP contribution in [0.4, 0.5) is 0 Å². The summed E-state index contributed by atoms with van der Waals surface area (Å²) in [6, 6.07) is 13.5. The number of aromatic nitrogens is 1. The van der Waals surface area contributed by atoms with Crippen LogP contribution in [0.5, 0.6) is 0 Å². The Morgan fingerprint density at radius 3 is 2.57 bits per heavy atom. The van der Waals surface area contributed by atoms with Gasteiger partial charge in [0.1, 0.15) is 0 Å². The number of nitrogens with zero attached hydrogens (tertiary/aromatic N) is 1. The molecule has 0 bridgehead atoms. The maximum absolute atomic E-state index is 8.11. The van der Waals surface area contributed by atoms with Gasteiger partial charge in [-0.3, -0.25) is 0 Å². The zero-order valence-electron chi connectivity index (χ0n) is 10.3. The number of aryl methyl sites for hydroxylation is 3. The highest BCUT2D eigenvalue weighted by atomic mass is 14.9. The molecular formula is C13H15N. The summed E-state index contributed by atoms with van der Waals surface area (Å²) in [6.07, 6.45) is 0.962. The van der Waals surface area contributed by atoms with Crippen LogP contribution in [0.3, 0.4) is 0 Å². The maximum Gasteiger partial charge on any atom is 0.0335 e. The quantitative estimate of drug-likeness (QED) is 0.696. The molecule has 1 aromatic carbocycles. The van der Waals surface area contributed by atoms with E-state index in [0.717, 1.165) is 11.3 Å². The molecule has 0 saturated carbocycles. The van der Waals surface area contributed by atoms with Crippen LogP contribution in [0, 0.1) is 0 Å². The maximum atomic E-state index is 8.11. The first-order chi connectivity index (χ1) is 7.59. The smallest absolute Gasteiger partial charge is 0.0335 e. The molecule has 0 aliphatic carbocycles. The van der Waals surface area contributed by atoms with Crippen LogP contribution in [0.25, 0.3) is 0 Å². The predicted molar refractivity (Wildman–Crippen MR) is 59.3 cm³/mol. The first-order valence-electron chi connectivity index (χ1n) is 5.75. The van der Waals surface area contributed by atoms with Crippen LogP contribution in [-0.4, -0.2) is 4.57 Å². The van der Waals surface area contributed by atoms with Crippen molar-refractivity contribution in [3.05, 3.63) is 59.9 Å². The second-order valence-corrected chi connectivity index (χ2v) is 3.34. The standard InChI is InChI=1S/C13H15N/c1-14-11-5-8-13(14)10-9-12-6-3-2-4-7-12/h2-8,11H,9-10H2,1H3/i10D2. The largest absolute Gasteiger partial charge is 0.354 e. The van der Waals surface area contributed by atoms with E-state index in [0.29, 0.717) is 6.42 Å². The second-order valence-electron chi connectivity index (χ2n) is 3.34. The lowest BCUT2D eigenvalue weighted by atomic mass is 10.1. The summed E-state index contributed by atoms with van der Waals surface area (Å²) in [7, 11) is 1.87. The lowest BCUT2D eigenvalue weighted by Gasteiger charge is -2.03. The highest BCUT2D eigenvalue weighted by Crippen LogP contribution is 2.06. The molecule has 0 radical (unpaired) electrons. The molecule has 0 aliphatic heterocycles. The van der Waals surface area contributed by atoms with Crippen molar-refractivity contribution in [3.8, 4) is 0 Å². The van der Waals surface area contributed by atoms with E-state index in [1.165, 1.54) is 0 Å². The normalized spacial score (nSPS) is 13.5. The van der Waals surface area contributed by atoms with Crippen LogP contribution in [0.15, 0.2) is 48.7 Å². The second kappa shape index (κ2) is 4.14. The minimum absolute atomic E-state index is 0.408. The fourth-order valence-electron chi connectivity index (χ4n) is 1.43. The lowest BCUT2D eigenvalue weighted by Crippen LogP contribution is -1.97. The molecule has 0 saturated heterocycles. The molecule has 0 atom stereocenters. The third-order valence-electron chi connectivity index (χ3n) is 2.26. The van der Waals surface area contributed by atoms with E-state index >= 15 is 0 Å². The molecule has 0 amide bonds. The van der Waals surface area contributed by atoms with Gasteiger partial charge >= 0.3 is 0 Å². The Morgan fingerprint density at radius 2 is 1.93 bits per heavy atom. The van der Waals surface area contributed by atoms with Crippen LogP contribution >= 0.6 is 0 Å². The molecule has 0 unspecified atom stereocenters. The van der Waals surface area contributed by atoms with Gasteiger partial charge in [0.25, 0.3) is 0 Å². The Balaban J connectivity index is 2.24. The Kier molecular flexibility index (Phi) is 2.03. The number of hydrogen-bond donors (Lipinski definition) is 0. The molecular weight excluding hydrogens is 170 g/mol. The van der Waals surface area contributed by atoms with Crippen LogP contribution in [0.2, 0.25) is 0 Å². The van der Waals surface area contributed by atoms with Crippen molar-refractivity contribution in [2.75, 3.05) is 0 Å². The van der Waals surface area contributed by atoms with E-state index < -0.39 is 6.37 Å². The molecule has 0 spiro atoms. The highest BCUT2D eigenvalue weighted by molar-refractivity contribution is 5.17. The van der Waals surface area contributed by atoms with Crippen molar-refractivity contribution in [2.45, 2.75) is 12.8 Å². The van der Waals surface area contributed by atoms with Crippen LogP contribution in [-0.2, 0) is 19.8 Å². The molecule has 1 heterocycles. The Morgan fingerprint density at radius 1 is 1.14 bits per heavy atom. The van der Waals surface area contributed by atoms with Gasteiger partial charge < -0.3 is 4.57 Å². The average Bonchev–Trinajstić information content (AvgIpc) is 2.66. The molecule has 2 aromatic rings. The van der Waals surface area contributed by atoms with Crippen LogP contribution < -0.4 is 0 Å². The van der Waals surface area contributed by atoms with Crippen molar-refractivity contribution in [2.24, 2.45) is 7.05 Å². The van der Waals surface area contributed by atoms with Crippen molar-refractivity contribution in [1.82, 2.24) is 4.57 Å². The number of hydrogen-bond acceptors (Lipinski definition) is 0. The molecule has 1 heteroatoms. The van der Waals surface area contributed by atoms with E-state index in [4.69, 9.17) is 2.74 Å². The summed E-state index contributed by atoms with van der Waals surface area (Å²) in [5, 5.41) is 0. The summed E-state index contributed by atoms with van der Waals surface area (Å²) in [5.74, 6) is 0. The monoisotopic (exact) mass is 187 g/mol. The minimum atomic E-state index is -1.32. The summed E-state index contributed by atoms with van der Waals surface area (Å²) in [6.45, 7) is 0. The lowest BCUT2D eigenvalue weighted by molar-refractivity contribution is 0.801. The van der Waals surface area contributed by atoms with Crippen molar-refractivity contribution < 1.29 is 2.74 Å². The number of rotatable bonds is 3. The van der Waals surface area contributed by atoms with Crippen molar-refractivity contribution in [1.29, 1.82) is 0 Å². The van der Waals surface area contributed by atoms with Crippen molar-refractivity contribution >= 4 is 0 Å². The molecule has 2 rings (SSSR count). The van der Waals surface area contributed by atoms with Gasteiger partial charge in [-0.25, -0.2) is 0 Å². The Labute approximate surface area is 87.8 Å². The Bertz CT molecular complexity index is 460. The zero-order valence-corrected chi connectivity index (χ0v) is 8.27. The first kappa shape index (κ1) is 6.88. The molecule has 0 N–H and O–H groups in total. The summed E-state index contributed by atoms with van der Waals surface area (Å²) in [5.41, 5.74) is 1.74. The minimum Gasteiger partial charge on any atom is -0.354 e. The predicted octanol–water partition coefficient (Wildman–Crippen LogP) is 2.81. The highest BCUT2D eigenvalue weighted by Gasteiger charge is 1.97. The van der Waals surface area contributed by atoms with Gasteiger partial charge in [0, 0.05) is 21.7 Å². The third-order valence-corrected chi connectivity index (χ3v) is 2.26. The van der Waals surface area contributed by atoms with E-state index in [9.17, 15) is 0 Å². The van der Waals surface area contributed by atoms with Gasteiger partial charge in [0.05, 0.1) is 0 Å². The molecule has 1 nitrogen and oxygen atoms in total. The van der Waals surface area contributed by atoms with Crippen LogP contribution in [0.1, 0.15) is 14.0 Å². The third kappa shape index (κ3) is 2.05. The topological polar surface area (TPSA) is 4.93 Å². The summed E-state index contributed by atoms with van der Waals surface area (Å²) < 4.78 is 18.1. The molecule has 0 aliphatic rings. The summed E-state index contributed by atoms with van der Waals surface area (Å²) >= 11 is 0. The average molecular weight is 187 g/mol. The van der Waals surface area contributed by atoms with Gasteiger partial charge in [0.2, 0.25) is 0 Å². The molecule has 1 aromatic heterocycles. The molecule has 14 heavy (non-hydrogen) atoms.